The van der Waals surface area contributed by atoms with E-state index >= 15 is 0 Å². The highest BCUT2D eigenvalue weighted by atomic mass is 16.2. The van der Waals surface area contributed by atoms with Crippen molar-refractivity contribution in [3.05, 3.63) is 0 Å². The van der Waals surface area contributed by atoms with Crippen molar-refractivity contribution in [3.63, 3.8) is 0 Å². The van der Waals surface area contributed by atoms with Crippen molar-refractivity contribution >= 4 is 11.8 Å². The predicted octanol–water partition coefficient (Wildman–Crippen LogP) is -0.261. The molecule has 1 atom stereocenters. The van der Waals surface area contributed by atoms with E-state index < -0.39 is 0 Å². The normalized spacial score (nSPS) is 25.5. The summed E-state index contributed by atoms with van der Waals surface area (Å²) in [5.41, 5.74) is 0. The minimum absolute atomic E-state index is 0.0442. The van der Waals surface area contributed by atoms with Crippen molar-refractivity contribution in [1.29, 1.82) is 0 Å². The average Bonchev–Trinajstić information content (AvgIpc) is 2.37. The Balaban J connectivity index is 1.70. The second-order valence-electron chi connectivity index (χ2n) is 4.84. The molecule has 2 saturated heterocycles. The second-order valence-corrected chi connectivity index (χ2v) is 4.84. The van der Waals surface area contributed by atoms with Gasteiger partial charge in [0.1, 0.15) is 0 Å². The maximum Gasteiger partial charge on any atom is 0.239 e. The summed E-state index contributed by atoms with van der Waals surface area (Å²) in [4.78, 5) is 24.7. The van der Waals surface area contributed by atoms with Crippen LogP contribution in [0.2, 0.25) is 0 Å². The Bertz CT molecular complexity index is 287. The summed E-state index contributed by atoms with van der Waals surface area (Å²) in [6.07, 6.45) is 3.83. The first-order valence-corrected chi connectivity index (χ1v) is 6.43. The van der Waals surface area contributed by atoms with Gasteiger partial charge in [-0.15, -0.1) is 0 Å². The maximum atomic E-state index is 11.9. The summed E-state index contributed by atoms with van der Waals surface area (Å²) in [6.45, 7) is 3.36. The number of carbonyl (C=O) groups is 2. The van der Waals surface area contributed by atoms with Crippen molar-refractivity contribution in [3.8, 4) is 0 Å². The van der Waals surface area contributed by atoms with Gasteiger partial charge in [-0.3, -0.25) is 9.59 Å². The molecule has 0 aromatic heterocycles. The molecule has 1 radical (unpaired) electrons. The van der Waals surface area contributed by atoms with Gasteiger partial charge < -0.3 is 10.2 Å². The Kier molecular flexibility index (Phi) is 4.36. The van der Waals surface area contributed by atoms with Crippen LogP contribution in [0.5, 0.6) is 0 Å². The lowest BCUT2D eigenvalue weighted by atomic mass is 9.94. The highest BCUT2D eigenvalue weighted by Crippen LogP contribution is 2.17. The molecule has 17 heavy (non-hydrogen) atoms. The van der Waals surface area contributed by atoms with E-state index in [4.69, 9.17) is 0 Å². The molecule has 5 heteroatoms. The molecule has 95 valence electrons. The lowest BCUT2D eigenvalue weighted by Crippen LogP contribution is -2.50. The number of piperazine rings is 1. The van der Waals surface area contributed by atoms with Gasteiger partial charge in [0, 0.05) is 32.6 Å². The number of carbonyl (C=O) groups excluding carboxylic acids is 2. The van der Waals surface area contributed by atoms with Crippen molar-refractivity contribution in [2.45, 2.75) is 25.7 Å². The Hall–Kier alpha value is -1.10. The van der Waals surface area contributed by atoms with Crippen LogP contribution >= 0.6 is 0 Å². The smallest absolute Gasteiger partial charge is 0.239 e. The highest BCUT2D eigenvalue weighted by Gasteiger charge is 2.22. The van der Waals surface area contributed by atoms with Gasteiger partial charge >= 0.3 is 0 Å². The predicted molar refractivity (Wildman–Crippen MR) is 63.4 cm³/mol. The van der Waals surface area contributed by atoms with E-state index in [-0.39, 0.29) is 18.4 Å². The molecule has 2 heterocycles. The first-order valence-electron chi connectivity index (χ1n) is 6.43. The van der Waals surface area contributed by atoms with Crippen LogP contribution in [0, 0.1) is 5.92 Å². The molecule has 5 nitrogen and oxygen atoms in total. The third-order valence-corrected chi connectivity index (χ3v) is 3.47. The van der Waals surface area contributed by atoms with E-state index in [0.717, 1.165) is 25.9 Å². The van der Waals surface area contributed by atoms with E-state index in [1.807, 2.05) is 0 Å². The third kappa shape index (κ3) is 3.70. The SMILES string of the molecule is O=C1CN(C(=O)CCC2CCC[N]C2)CCN1. The Morgan fingerprint density at radius 3 is 3.12 bits per heavy atom. The third-order valence-electron chi connectivity index (χ3n) is 3.47. The largest absolute Gasteiger partial charge is 0.353 e. The molecule has 2 aliphatic rings. The van der Waals surface area contributed by atoms with E-state index in [2.05, 4.69) is 10.6 Å². The summed E-state index contributed by atoms with van der Waals surface area (Å²) in [5.74, 6) is 0.647. The fourth-order valence-corrected chi connectivity index (χ4v) is 2.43. The molecule has 0 bridgehead atoms. The number of nitrogens with one attached hydrogen (secondary N) is 1. The first-order chi connectivity index (χ1) is 8.25. The fraction of sp³-hybridized carbons (Fsp3) is 0.833. The number of piperidine rings is 1. The van der Waals surface area contributed by atoms with E-state index in [0.29, 0.717) is 25.4 Å². The van der Waals surface area contributed by atoms with Gasteiger partial charge in [0.15, 0.2) is 0 Å². The molecule has 1 N–H and O–H groups in total. The van der Waals surface area contributed by atoms with Crippen LogP contribution < -0.4 is 10.6 Å². The number of hydrogen-bond donors (Lipinski definition) is 1. The Morgan fingerprint density at radius 1 is 1.53 bits per heavy atom. The zero-order chi connectivity index (χ0) is 12.1. The highest BCUT2D eigenvalue weighted by molar-refractivity contribution is 5.85. The van der Waals surface area contributed by atoms with Gasteiger partial charge in [-0.05, 0) is 25.2 Å². The van der Waals surface area contributed by atoms with Gasteiger partial charge in [0.2, 0.25) is 11.8 Å². The summed E-state index contributed by atoms with van der Waals surface area (Å²) in [7, 11) is 0. The molecule has 0 saturated carbocycles. The summed E-state index contributed by atoms with van der Waals surface area (Å²) in [6, 6.07) is 0. The van der Waals surface area contributed by atoms with Gasteiger partial charge in [0.25, 0.3) is 0 Å². The fourth-order valence-electron chi connectivity index (χ4n) is 2.43. The van der Waals surface area contributed by atoms with Crippen LogP contribution in [-0.4, -0.2) is 49.4 Å². The quantitative estimate of drug-likeness (QED) is 0.736. The lowest BCUT2D eigenvalue weighted by molar-refractivity contribution is -0.138. The lowest BCUT2D eigenvalue weighted by Gasteiger charge is -2.28. The van der Waals surface area contributed by atoms with Gasteiger partial charge in [-0.25, -0.2) is 5.32 Å². The summed E-state index contributed by atoms with van der Waals surface area (Å²) >= 11 is 0. The zero-order valence-corrected chi connectivity index (χ0v) is 10.2. The molecular weight excluding hydrogens is 218 g/mol. The van der Waals surface area contributed by atoms with Crippen molar-refractivity contribution in [2.24, 2.45) is 5.92 Å². The molecule has 1 unspecified atom stereocenters. The Labute approximate surface area is 102 Å². The van der Waals surface area contributed by atoms with Crippen molar-refractivity contribution in [2.75, 3.05) is 32.7 Å². The standard InChI is InChI=1S/C12H20N3O2/c16-11-9-15(7-6-14-11)12(17)4-3-10-2-1-5-13-8-10/h10H,1-9H2,(H,14,16). The first kappa shape index (κ1) is 12.4. The second kappa shape index (κ2) is 6.00. The van der Waals surface area contributed by atoms with Crippen LogP contribution in [0.3, 0.4) is 0 Å². The molecule has 2 amide bonds. The van der Waals surface area contributed by atoms with Crippen LogP contribution in [0.1, 0.15) is 25.7 Å². The van der Waals surface area contributed by atoms with E-state index in [1.54, 1.807) is 4.90 Å². The molecule has 0 aromatic carbocycles. The average molecular weight is 238 g/mol. The topological polar surface area (TPSA) is 63.5 Å². The van der Waals surface area contributed by atoms with Crippen LogP contribution in [0.4, 0.5) is 0 Å². The maximum absolute atomic E-state index is 11.9. The van der Waals surface area contributed by atoms with E-state index in [9.17, 15) is 9.59 Å². The van der Waals surface area contributed by atoms with Gasteiger partial charge in [-0.1, -0.05) is 0 Å². The van der Waals surface area contributed by atoms with Crippen LogP contribution in [0.15, 0.2) is 0 Å². The number of nitrogens with zero attached hydrogens (tertiary/aromatic N) is 2. The summed E-state index contributed by atoms with van der Waals surface area (Å²) in [5, 5.41) is 7.10. The van der Waals surface area contributed by atoms with Crippen molar-refractivity contribution < 1.29 is 9.59 Å². The molecule has 2 fully saturated rings. The number of rotatable bonds is 3. The molecule has 0 aliphatic carbocycles. The number of amides is 2. The van der Waals surface area contributed by atoms with Crippen LogP contribution in [-0.2, 0) is 9.59 Å². The van der Waals surface area contributed by atoms with Gasteiger partial charge in [-0.2, -0.15) is 0 Å². The Morgan fingerprint density at radius 2 is 2.41 bits per heavy atom. The van der Waals surface area contributed by atoms with Gasteiger partial charge in [0.05, 0.1) is 6.54 Å². The molecule has 0 aromatic rings. The van der Waals surface area contributed by atoms with Crippen LogP contribution in [0.25, 0.3) is 0 Å². The molecular formula is C12H20N3O2. The molecule has 0 spiro atoms. The monoisotopic (exact) mass is 238 g/mol. The zero-order valence-electron chi connectivity index (χ0n) is 10.2. The minimum atomic E-state index is -0.0442. The molecule has 2 rings (SSSR count). The summed E-state index contributed by atoms with van der Waals surface area (Å²) < 4.78 is 0. The molecule has 2 aliphatic heterocycles. The minimum Gasteiger partial charge on any atom is -0.353 e. The van der Waals surface area contributed by atoms with Crippen molar-refractivity contribution in [1.82, 2.24) is 15.5 Å². The van der Waals surface area contributed by atoms with E-state index in [1.165, 1.54) is 6.42 Å². The number of hydrogen-bond acceptors (Lipinski definition) is 2.